The fourth-order valence-electron chi connectivity index (χ4n) is 2.41. The minimum absolute atomic E-state index is 0.206. The molecule has 19 heavy (non-hydrogen) atoms. The summed E-state index contributed by atoms with van der Waals surface area (Å²) in [6, 6.07) is 11.0. The Kier molecular flexibility index (Phi) is 2.82. The summed E-state index contributed by atoms with van der Waals surface area (Å²) >= 11 is 0. The number of amidine groups is 1. The van der Waals surface area contributed by atoms with Gasteiger partial charge in [0, 0.05) is 11.3 Å². The standard InChI is InChI=1S/C16H15FN2/c1-10-4-3-5-11(2)15(10)19-16-14-7-6-13(17)8-12(14)9-18-16/h3-8H,9H2,1-2H3,(H,18,19). The van der Waals surface area contributed by atoms with Crippen molar-refractivity contribution in [1.29, 1.82) is 0 Å². The van der Waals surface area contributed by atoms with Crippen molar-refractivity contribution in [2.45, 2.75) is 20.4 Å². The first-order chi connectivity index (χ1) is 9.15. The number of halogens is 1. The van der Waals surface area contributed by atoms with Gasteiger partial charge in [0.05, 0.1) is 6.54 Å². The Bertz CT molecular complexity index is 654. The number of para-hydroxylation sites is 1. The van der Waals surface area contributed by atoms with Crippen molar-refractivity contribution in [1.82, 2.24) is 0 Å². The Morgan fingerprint density at radius 2 is 1.84 bits per heavy atom. The van der Waals surface area contributed by atoms with Crippen molar-refractivity contribution in [3.05, 3.63) is 64.5 Å². The first-order valence-corrected chi connectivity index (χ1v) is 6.31. The van der Waals surface area contributed by atoms with Crippen molar-refractivity contribution >= 4 is 11.5 Å². The van der Waals surface area contributed by atoms with E-state index < -0.39 is 0 Å². The molecule has 0 saturated carbocycles. The summed E-state index contributed by atoms with van der Waals surface area (Å²) in [7, 11) is 0. The molecule has 96 valence electrons. The SMILES string of the molecule is Cc1cccc(C)c1NC1=NCc2cc(F)ccc21. The van der Waals surface area contributed by atoms with Crippen LogP contribution in [0, 0.1) is 19.7 Å². The molecule has 1 aliphatic rings. The minimum atomic E-state index is -0.206. The van der Waals surface area contributed by atoms with Crippen molar-refractivity contribution in [2.24, 2.45) is 4.99 Å². The van der Waals surface area contributed by atoms with Crippen LogP contribution in [0.3, 0.4) is 0 Å². The summed E-state index contributed by atoms with van der Waals surface area (Å²) in [5.74, 6) is 0.620. The Labute approximate surface area is 112 Å². The van der Waals surface area contributed by atoms with E-state index in [4.69, 9.17) is 0 Å². The number of nitrogens with one attached hydrogen (secondary N) is 1. The van der Waals surface area contributed by atoms with Gasteiger partial charge in [0.25, 0.3) is 0 Å². The lowest BCUT2D eigenvalue weighted by molar-refractivity contribution is 0.626. The fraction of sp³-hybridized carbons (Fsp3) is 0.188. The molecule has 2 nitrogen and oxygen atoms in total. The van der Waals surface area contributed by atoms with E-state index in [1.54, 1.807) is 12.1 Å². The van der Waals surface area contributed by atoms with E-state index in [2.05, 4.69) is 36.3 Å². The predicted octanol–water partition coefficient (Wildman–Crippen LogP) is 3.81. The first kappa shape index (κ1) is 11.9. The number of aliphatic imine (C=N–C) groups is 1. The summed E-state index contributed by atoms with van der Waals surface area (Å²) in [4.78, 5) is 4.46. The second-order valence-corrected chi connectivity index (χ2v) is 4.86. The molecule has 0 atom stereocenters. The van der Waals surface area contributed by atoms with Gasteiger partial charge < -0.3 is 5.32 Å². The van der Waals surface area contributed by atoms with Gasteiger partial charge in [0.2, 0.25) is 0 Å². The van der Waals surface area contributed by atoms with Gasteiger partial charge in [-0.25, -0.2) is 4.39 Å². The highest BCUT2D eigenvalue weighted by Crippen LogP contribution is 2.25. The molecule has 0 radical (unpaired) electrons. The van der Waals surface area contributed by atoms with Crippen molar-refractivity contribution in [3.63, 3.8) is 0 Å². The van der Waals surface area contributed by atoms with Crippen LogP contribution < -0.4 is 5.32 Å². The maximum atomic E-state index is 13.2. The largest absolute Gasteiger partial charge is 0.340 e. The fourth-order valence-corrected chi connectivity index (χ4v) is 2.41. The number of hydrogen-bond acceptors (Lipinski definition) is 2. The number of anilines is 1. The predicted molar refractivity (Wildman–Crippen MR) is 76.2 cm³/mol. The molecule has 3 rings (SSSR count). The van der Waals surface area contributed by atoms with E-state index in [9.17, 15) is 4.39 Å². The van der Waals surface area contributed by atoms with Gasteiger partial charge >= 0.3 is 0 Å². The molecule has 0 aromatic heterocycles. The molecular formula is C16H15FN2. The molecule has 0 unspecified atom stereocenters. The van der Waals surface area contributed by atoms with Crippen molar-refractivity contribution in [2.75, 3.05) is 5.32 Å². The number of benzene rings is 2. The van der Waals surface area contributed by atoms with E-state index in [-0.39, 0.29) is 5.82 Å². The Balaban J connectivity index is 1.95. The van der Waals surface area contributed by atoms with Gasteiger partial charge in [-0.05, 0) is 48.7 Å². The molecule has 3 heteroatoms. The Morgan fingerprint density at radius 3 is 2.58 bits per heavy atom. The van der Waals surface area contributed by atoms with Crippen LogP contribution in [-0.2, 0) is 6.54 Å². The summed E-state index contributed by atoms with van der Waals surface area (Å²) in [6.07, 6.45) is 0. The average molecular weight is 254 g/mol. The lowest BCUT2D eigenvalue weighted by Crippen LogP contribution is -2.13. The molecule has 0 amide bonds. The maximum absolute atomic E-state index is 13.2. The molecule has 1 aliphatic heterocycles. The van der Waals surface area contributed by atoms with Crippen LogP contribution in [0.2, 0.25) is 0 Å². The Morgan fingerprint density at radius 1 is 1.11 bits per heavy atom. The molecule has 0 bridgehead atoms. The summed E-state index contributed by atoms with van der Waals surface area (Å²) < 4.78 is 13.2. The first-order valence-electron chi connectivity index (χ1n) is 6.31. The number of rotatable bonds is 1. The number of aryl methyl sites for hydroxylation is 2. The maximum Gasteiger partial charge on any atom is 0.133 e. The molecular weight excluding hydrogens is 239 g/mol. The van der Waals surface area contributed by atoms with E-state index in [0.717, 1.165) is 22.6 Å². The quantitative estimate of drug-likeness (QED) is 0.822. The van der Waals surface area contributed by atoms with Crippen molar-refractivity contribution in [3.8, 4) is 0 Å². The topological polar surface area (TPSA) is 24.4 Å². The van der Waals surface area contributed by atoms with Crippen molar-refractivity contribution < 1.29 is 4.39 Å². The highest BCUT2D eigenvalue weighted by atomic mass is 19.1. The smallest absolute Gasteiger partial charge is 0.133 e. The summed E-state index contributed by atoms with van der Waals surface area (Å²) in [5, 5.41) is 3.38. The molecule has 0 aliphatic carbocycles. The van der Waals surface area contributed by atoms with E-state index in [0.29, 0.717) is 6.54 Å². The van der Waals surface area contributed by atoms with Crippen LogP contribution in [0.5, 0.6) is 0 Å². The third-order valence-corrected chi connectivity index (χ3v) is 3.45. The van der Waals surface area contributed by atoms with Gasteiger partial charge in [-0.1, -0.05) is 18.2 Å². The third-order valence-electron chi connectivity index (χ3n) is 3.45. The van der Waals surface area contributed by atoms with Gasteiger partial charge in [0.1, 0.15) is 11.7 Å². The van der Waals surface area contributed by atoms with E-state index in [1.807, 2.05) is 6.07 Å². The van der Waals surface area contributed by atoms with Gasteiger partial charge in [-0.2, -0.15) is 0 Å². The second kappa shape index (κ2) is 4.50. The molecule has 1 N–H and O–H groups in total. The number of fused-ring (bicyclic) bond motifs is 1. The minimum Gasteiger partial charge on any atom is -0.340 e. The average Bonchev–Trinajstić information content (AvgIpc) is 2.76. The zero-order valence-electron chi connectivity index (χ0n) is 11.0. The van der Waals surface area contributed by atoms with Crippen LogP contribution in [-0.4, -0.2) is 5.84 Å². The summed E-state index contributed by atoms with van der Waals surface area (Å²) in [6.45, 7) is 4.67. The molecule has 2 aromatic carbocycles. The van der Waals surface area contributed by atoms with E-state index in [1.165, 1.54) is 17.2 Å². The number of hydrogen-bond donors (Lipinski definition) is 1. The third kappa shape index (κ3) is 2.12. The molecule has 1 heterocycles. The molecule has 2 aromatic rings. The van der Waals surface area contributed by atoms with Crippen LogP contribution in [0.1, 0.15) is 22.3 Å². The highest BCUT2D eigenvalue weighted by Gasteiger charge is 2.17. The lowest BCUT2D eigenvalue weighted by atomic mass is 10.1. The van der Waals surface area contributed by atoms with Crippen LogP contribution in [0.4, 0.5) is 10.1 Å². The number of nitrogens with zero attached hydrogens (tertiary/aromatic N) is 1. The highest BCUT2D eigenvalue weighted by molar-refractivity contribution is 6.11. The van der Waals surface area contributed by atoms with Gasteiger partial charge in [-0.3, -0.25) is 4.99 Å². The Hall–Kier alpha value is -2.16. The van der Waals surface area contributed by atoms with Crippen LogP contribution in [0.25, 0.3) is 0 Å². The monoisotopic (exact) mass is 254 g/mol. The zero-order chi connectivity index (χ0) is 13.4. The van der Waals surface area contributed by atoms with E-state index >= 15 is 0 Å². The lowest BCUT2D eigenvalue weighted by Gasteiger charge is -2.13. The zero-order valence-corrected chi connectivity index (χ0v) is 11.0. The summed E-state index contributed by atoms with van der Waals surface area (Å²) in [5.41, 5.74) is 5.37. The van der Waals surface area contributed by atoms with Gasteiger partial charge in [-0.15, -0.1) is 0 Å². The molecule has 0 fully saturated rings. The normalized spacial score (nSPS) is 13.1. The second-order valence-electron chi connectivity index (χ2n) is 4.86. The van der Waals surface area contributed by atoms with Crippen LogP contribution in [0.15, 0.2) is 41.4 Å². The van der Waals surface area contributed by atoms with Crippen LogP contribution >= 0.6 is 0 Å². The molecule has 0 saturated heterocycles. The van der Waals surface area contributed by atoms with Gasteiger partial charge in [0.15, 0.2) is 0 Å². The molecule has 0 spiro atoms.